The maximum Gasteiger partial charge on any atom is -0.0386 e. The number of rotatable bonds is 9. The highest BCUT2D eigenvalue weighted by Gasteiger charge is 2.30. The molecule has 2 fully saturated rings. The Balaban J connectivity index is 1.52. The molecule has 0 radical (unpaired) electrons. The molecule has 0 heterocycles. The average Bonchev–Trinajstić information content (AvgIpc) is 2.59. The van der Waals surface area contributed by atoms with Crippen LogP contribution in [0.2, 0.25) is 0 Å². The largest absolute Gasteiger partial charge is 0.0654 e. The molecule has 0 saturated heterocycles. The van der Waals surface area contributed by atoms with E-state index in [0.717, 1.165) is 23.7 Å². The molecule has 0 bridgehead atoms. The molecule has 2 rings (SSSR count). The summed E-state index contributed by atoms with van der Waals surface area (Å²) in [5.41, 5.74) is 0. The van der Waals surface area contributed by atoms with Crippen molar-refractivity contribution in [2.24, 2.45) is 23.7 Å². The van der Waals surface area contributed by atoms with Gasteiger partial charge in [0.15, 0.2) is 0 Å². The SMILES string of the molecule is CCCCCCCCC1CCC(C2CCC(CC)CC2)CC1. The van der Waals surface area contributed by atoms with Crippen LogP contribution in [0.4, 0.5) is 0 Å². The van der Waals surface area contributed by atoms with Crippen LogP contribution in [0, 0.1) is 23.7 Å². The molecule has 2 aliphatic rings. The molecule has 0 amide bonds. The van der Waals surface area contributed by atoms with Gasteiger partial charge in [-0.15, -0.1) is 0 Å². The zero-order valence-electron chi connectivity index (χ0n) is 15.6. The van der Waals surface area contributed by atoms with Gasteiger partial charge in [0.05, 0.1) is 0 Å². The second-order valence-corrected chi connectivity index (χ2v) is 8.53. The fourth-order valence-corrected chi connectivity index (χ4v) is 5.23. The fraction of sp³-hybridized carbons (Fsp3) is 1.00. The minimum Gasteiger partial charge on any atom is -0.0654 e. The highest BCUT2D eigenvalue weighted by atomic mass is 14.4. The van der Waals surface area contributed by atoms with Gasteiger partial charge >= 0.3 is 0 Å². The molecular weight excluding hydrogens is 264 g/mol. The van der Waals surface area contributed by atoms with E-state index in [4.69, 9.17) is 0 Å². The predicted molar refractivity (Wildman–Crippen MR) is 99.2 cm³/mol. The quantitative estimate of drug-likeness (QED) is 0.382. The van der Waals surface area contributed by atoms with Gasteiger partial charge in [0.25, 0.3) is 0 Å². The van der Waals surface area contributed by atoms with Crippen molar-refractivity contribution in [2.45, 2.75) is 117 Å². The van der Waals surface area contributed by atoms with Crippen LogP contribution in [0.3, 0.4) is 0 Å². The lowest BCUT2D eigenvalue weighted by atomic mass is 9.68. The first kappa shape index (κ1) is 18.3. The highest BCUT2D eigenvalue weighted by molar-refractivity contribution is 4.81. The maximum absolute atomic E-state index is 2.39. The minimum atomic E-state index is 1.07. The van der Waals surface area contributed by atoms with Gasteiger partial charge < -0.3 is 0 Å². The Morgan fingerprint density at radius 3 is 1.59 bits per heavy atom. The summed E-state index contributed by atoms with van der Waals surface area (Å²) in [5.74, 6) is 4.38. The minimum absolute atomic E-state index is 1.07. The second-order valence-electron chi connectivity index (χ2n) is 8.53. The summed E-state index contributed by atoms with van der Waals surface area (Å²) in [6, 6.07) is 0. The molecular formula is C22H42. The van der Waals surface area contributed by atoms with Gasteiger partial charge in [0, 0.05) is 0 Å². The standard InChI is InChI=1S/C22H42/c1-3-5-6-7-8-9-10-20-13-17-22(18-14-20)21-15-11-19(4-2)12-16-21/h19-22H,3-18H2,1-2H3. The van der Waals surface area contributed by atoms with E-state index in [1.165, 1.54) is 44.9 Å². The third-order valence-corrected chi connectivity index (χ3v) is 6.99. The van der Waals surface area contributed by atoms with Gasteiger partial charge in [0.1, 0.15) is 0 Å². The molecule has 0 heteroatoms. The predicted octanol–water partition coefficient (Wildman–Crippen LogP) is 7.76. The molecule has 2 saturated carbocycles. The van der Waals surface area contributed by atoms with E-state index >= 15 is 0 Å². The van der Waals surface area contributed by atoms with Gasteiger partial charge in [-0.1, -0.05) is 90.9 Å². The van der Waals surface area contributed by atoms with Gasteiger partial charge in [-0.3, -0.25) is 0 Å². The topological polar surface area (TPSA) is 0 Å². The van der Waals surface area contributed by atoms with Crippen molar-refractivity contribution in [2.75, 3.05) is 0 Å². The summed E-state index contributed by atoms with van der Waals surface area (Å²) in [4.78, 5) is 0. The first-order chi connectivity index (χ1) is 10.8. The molecule has 0 aromatic carbocycles. The van der Waals surface area contributed by atoms with Crippen LogP contribution < -0.4 is 0 Å². The lowest BCUT2D eigenvalue weighted by molar-refractivity contribution is 0.141. The van der Waals surface area contributed by atoms with E-state index in [2.05, 4.69) is 13.8 Å². The summed E-state index contributed by atoms with van der Waals surface area (Å²) < 4.78 is 0. The Morgan fingerprint density at radius 2 is 1.05 bits per heavy atom. The van der Waals surface area contributed by atoms with Crippen molar-refractivity contribution in [3.63, 3.8) is 0 Å². The van der Waals surface area contributed by atoms with Crippen molar-refractivity contribution < 1.29 is 0 Å². The van der Waals surface area contributed by atoms with Gasteiger partial charge in [0.2, 0.25) is 0 Å². The molecule has 0 spiro atoms. The van der Waals surface area contributed by atoms with Crippen LogP contribution >= 0.6 is 0 Å². The van der Waals surface area contributed by atoms with Gasteiger partial charge in [-0.25, -0.2) is 0 Å². The summed E-state index contributed by atoms with van der Waals surface area (Å²) in [6.07, 6.45) is 24.3. The molecule has 0 nitrogen and oxygen atoms in total. The Morgan fingerprint density at radius 1 is 0.545 bits per heavy atom. The van der Waals surface area contributed by atoms with Crippen LogP contribution in [0.1, 0.15) is 117 Å². The zero-order chi connectivity index (χ0) is 15.6. The monoisotopic (exact) mass is 306 g/mol. The number of unbranched alkanes of at least 4 members (excludes halogenated alkanes) is 5. The lowest BCUT2D eigenvalue weighted by Gasteiger charge is -2.37. The number of hydrogen-bond donors (Lipinski definition) is 0. The van der Waals surface area contributed by atoms with Gasteiger partial charge in [-0.05, 0) is 49.4 Å². The summed E-state index contributed by atoms with van der Waals surface area (Å²) in [6.45, 7) is 4.70. The Kier molecular flexibility index (Phi) is 8.93. The first-order valence-electron chi connectivity index (χ1n) is 10.8. The van der Waals surface area contributed by atoms with E-state index in [1.807, 2.05) is 0 Å². The summed E-state index contributed by atoms with van der Waals surface area (Å²) in [5, 5.41) is 0. The second kappa shape index (κ2) is 10.7. The molecule has 0 aromatic heterocycles. The maximum atomic E-state index is 2.39. The van der Waals surface area contributed by atoms with E-state index in [1.54, 1.807) is 57.8 Å². The molecule has 0 aliphatic heterocycles. The third-order valence-electron chi connectivity index (χ3n) is 6.99. The fourth-order valence-electron chi connectivity index (χ4n) is 5.23. The average molecular weight is 307 g/mol. The van der Waals surface area contributed by atoms with E-state index in [-0.39, 0.29) is 0 Å². The van der Waals surface area contributed by atoms with Crippen molar-refractivity contribution in [1.82, 2.24) is 0 Å². The van der Waals surface area contributed by atoms with E-state index in [0.29, 0.717) is 0 Å². The Hall–Kier alpha value is 0. The van der Waals surface area contributed by atoms with Crippen LogP contribution in [0.25, 0.3) is 0 Å². The van der Waals surface area contributed by atoms with Crippen molar-refractivity contribution in [3.05, 3.63) is 0 Å². The van der Waals surface area contributed by atoms with Crippen LogP contribution in [0.15, 0.2) is 0 Å². The van der Waals surface area contributed by atoms with Crippen LogP contribution in [-0.2, 0) is 0 Å². The van der Waals surface area contributed by atoms with E-state index in [9.17, 15) is 0 Å². The molecule has 22 heavy (non-hydrogen) atoms. The molecule has 130 valence electrons. The lowest BCUT2D eigenvalue weighted by Crippen LogP contribution is -2.25. The Bertz CT molecular complexity index is 253. The van der Waals surface area contributed by atoms with Crippen molar-refractivity contribution in [3.8, 4) is 0 Å². The first-order valence-corrected chi connectivity index (χ1v) is 10.8. The molecule has 0 atom stereocenters. The van der Waals surface area contributed by atoms with Gasteiger partial charge in [-0.2, -0.15) is 0 Å². The molecule has 2 aliphatic carbocycles. The molecule has 0 unspecified atom stereocenters. The molecule has 0 N–H and O–H groups in total. The summed E-state index contributed by atoms with van der Waals surface area (Å²) >= 11 is 0. The van der Waals surface area contributed by atoms with Crippen molar-refractivity contribution >= 4 is 0 Å². The smallest absolute Gasteiger partial charge is 0.0386 e. The number of hydrogen-bond acceptors (Lipinski definition) is 0. The van der Waals surface area contributed by atoms with Crippen molar-refractivity contribution in [1.29, 1.82) is 0 Å². The third kappa shape index (κ3) is 6.25. The summed E-state index contributed by atoms with van der Waals surface area (Å²) in [7, 11) is 0. The normalized spacial score (nSPS) is 33.0. The zero-order valence-corrected chi connectivity index (χ0v) is 15.6. The highest BCUT2D eigenvalue weighted by Crippen LogP contribution is 2.42. The Labute approximate surface area is 140 Å². The van der Waals surface area contributed by atoms with E-state index < -0.39 is 0 Å². The van der Waals surface area contributed by atoms with Crippen LogP contribution in [0.5, 0.6) is 0 Å². The van der Waals surface area contributed by atoms with Crippen LogP contribution in [-0.4, -0.2) is 0 Å². The molecule has 0 aromatic rings.